The zero-order chi connectivity index (χ0) is 18.0. The van der Waals surface area contributed by atoms with E-state index in [1.807, 2.05) is 0 Å². The molecule has 2 rings (SSSR count). The van der Waals surface area contributed by atoms with Crippen molar-refractivity contribution in [3.05, 3.63) is 35.5 Å². The molecule has 0 amide bonds. The summed E-state index contributed by atoms with van der Waals surface area (Å²) in [6, 6.07) is 6.16. The molecule has 0 unspecified atom stereocenters. The van der Waals surface area contributed by atoms with Gasteiger partial charge in [-0.2, -0.15) is 0 Å². The van der Waals surface area contributed by atoms with Crippen molar-refractivity contribution in [3.8, 4) is 22.8 Å². The Kier molecular flexibility index (Phi) is 4.61. The average Bonchev–Trinajstić information content (AvgIpc) is 2.94. The summed E-state index contributed by atoms with van der Waals surface area (Å²) in [4.78, 5) is 10.9. The lowest BCUT2D eigenvalue weighted by molar-refractivity contribution is 0.0687. The SMILES string of the molecule is CC(C)(C)S(=O)(=O)C#Cc1ccc(Oc2nn[nH]c2C(=O)O)cc1. The zero-order valence-corrected chi connectivity index (χ0v) is 14.0. The minimum atomic E-state index is -3.54. The van der Waals surface area contributed by atoms with E-state index in [2.05, 4.69) is 26.6 Å². The Morgan fingerprint density at radius 3 is 2.42 bits per heavy atom. The maximum Gasteiger partial charge on any atom is 0.359 e. The van der Waals surface area contributed by atoms with Gasteiger partial charge in [0.25, 0.3) is 5.88 Å². The first-order chi connectivity index (χ1) is 11.1. The van der Waals surface area contributed by atoms with Gasteiger partial charge in [-0.3, -0.25) is 0 Å². The molecule has 1 heterocycles. The number of benzene rings is 1. The van der Waals surface area contributed by atoms with Gasteiger partial charge in [-0.25, -0.2) is 18.3 Å². The first-order valence-corrected chi connectivity index (χ1v) is 8.28. The molecule has 0 fully saturated rings. The van der Waals surface area contributed by atoms with Crippen molar-refractivity contribution in [1.29, 1.82) is 0 Å². The second-order valence-corrected chi connectivity index (χ2v) is 8.20. The van der Waals surface area contributed by atoms with Gasteiger partial charge in [0.05, 0.1) is 4.75 Å². The molecule has 0 saturated carbocycles. The monoisotopic (exact) mass is 349 g/mol. The molecule has 0 radical (unpaired) electrons. The number of aromatic amines is 1. The third-order valence-electron chi connectivity index (χ3n) is 2.94. The average molecular weight is 349 g/mol. The largest absolute Gasteiger partial charge is 0.476 e. The molecule has 0 atom stereocenters. The van der Waals surface area contributed by atoms with Crippen LogP contribution in [-0.2, 0) is 9.84 Å². The zero-order valence-electron chi connectivity index (χ0n) is 13.2. The minimum absolute atomic E-state index is 0.170. The summed E-state index contributed by atoms with van der Waals surface area (Å²) >= 11 is 0. The number of H-pyrrole nitrogens is 1. The summed E-state index contributed by atoms with van der Waals surface area (Å²) < 4.78 is 28.2. The van der Waals surface area contributed by atoms with E-state index in [9.17, 15) is 13.2 Å². The smallest absolute Gasteiger partial charge is 0.359 e. The number of aromatic nitrogens is 3. The van der Waals surface area contributed by atoms with E-state index >= 15 is 0 Å². The highest BCUT2D eigenvalue weighted by Gasteiger charge is 2.26. The van der Waals surface area contributed by atoms with Gasteiger partial charge < -0.3 is 9.84 Å². The fourth-order valence-electron chi connectivity index (χ4n) is 1.43. The molecule has 126 valence electrons. The fraction of sp³-hybridized carbons (Fsp3) is 0.267. The van der Waals surface area contributed by atoms with E-state index in [0.717, 1.165) is 0 Å². The van der Waals surface area contributed by atoms with Crippen LogP contribution in [0.5, 0.6) is 11.6 Å². The standard InChI is InChI=1S/C15H15N3O5S/c1-15(2,3)24(21,22)9-8-10-4-6-11(7-5-10)23-13-12(14(19)20)16-18-17-13/h4-7H,1-3H3,(H,19,20)(H,16,17,18). The summed E-state index contributed by atoms with van der Waals surface area (Å²) in [6.45, 7) is 4.73. The van der Waals surface area contributed by atoms with Crippen LogP contribution in [0.25, 0.3) is 0 Å². The quantitative estimate of drug-likeness (QED) is 0.810. The molecule has 2 N–H and O–H groups in total. The van der Waals surface area contributed by atoms with E-state index in [1.165, 1.54) is 12.1 Å². The third-order valence-corrected chi connectivity index (χ3v) is 4.92. The molecular formula is C15H15N3O5S. The Hall–Kier alpha value is -2.86. The number of sulfone groups is 1. The number of ether oxygens (including phenoxy) is 1. The van der Waals surface area contributed by atoms with Crippen molar-refractivity contribution in [1.82, 2.24) is 15.4 Å². The van der Waals surface area contributed by atoms with Crippen molar-refractivity contribution in [2.24, 2.45) is 0 Å². The summed E-state index contributed by atoms with van der Waals surface area (Å²) in [5, 5.41) is 20.3. The molecule has 8 nitrogen and oxygen atoms in total. The third kappa shape index (κ3) is 3.91. The van der Waals surface area contributed by atoms with Crippen molar-refractivity contribution in [2.45, 2.75) is 25.5 Å². The second kappa shape index (κ2) is 6.33. The summed E-state index contributed by atoms with van der Waals surface area (Å²) in [7, 11) is -3.54. The Balaban J connectivity index is 2.18. The van der Waals surface area contributed by atoms with Crippen LogP contribution in [0, 0.1) is 11.2 Å². The first-order valence-electron chi connectivity index (χ1n) is 6.80. The molecule has 0 bridgehead atoms. The summed E-state index contributed by atoms with van der Waals surface area (Å²) in [6.07, 6.45) is 0. The number of carbonyl (C=O) groups is 1. The van der Waals surface area contributed by atoms with Crippen molar-refractivity contribution in [2.75, 3.05) is 0 Å². The number of nitrogens with one attached hydrogen (secondary N) is 1. The molecule has 0 aliphatic heterocycles. The lowest BCUT2D eigenvalue weighted by Gasteiger charge is -2.13. The maximum atomic E-state index is 11.9. The number of hydrogen-bond acceptors (Lipinski definition) is 6. The van der Waals surface area contributed by atoms with Crippen LogP contribution in [0.4, 0.5) is 0 Å². The predicted molar refractivity (Wildman–Crippen MR) is 85.4 cm³/mol. The Morgan fingerprint density at radius 1 is 1.25 bits per heavy atom. The summed E-state index contributed by atoms with van der Waals surface area (Å²) in [5.74, 6) is 1.49. The van der Waals surface area contributed by atoms with Crippen LogP contribution in [0.15, 0.2) is 24.3 Å². The molecule has 0 saturated heterocycles. The molecule has 2 aromatic rings. The highest BCUT2D eigenvalue weighted by molar-refractivity contribution is 7.97. The van der Waals surface area contributed by atoms with E-state index in [1.54, 1.807) is 32.9 Å². The van der Waals surface area contributed by atoms with E-state index < -0.39 is 20.6 Å². The van der Waals surface area contributed by atoms with Crippen molar-refractivity contribution < 1.29 is 23.1 Å². The Morgan fingerprint density at radius 2 is 1.88 bits per heavy atom. The van der Waals surface area contributed by atoms with Crippen LogP contribution in [0.3, 0.4) is 0 Å². The van der Waals surface area contributed by atoms with Gasteiger partial charge in [0.1, 0.15) is 5.75 Å². The highest BCUT2D eigenvalue weighted by Crippen LogP contribution is 2.22. The number of nitrogens with zero attached hydrogens (tertiary/aromatic N) is 2. The lowest BCUT2D eigenvalue weighted by atomic mass is 10.2. The van der Waals surface area contributed by atoms with Gasteiger partial charge in [-0.05, 0) is 51.0 Å². The predicted octanol–water partition coefficient (Wildman–Crippen LogP) is 1.82. The van der Waals surface area contributed by atoms with Gasteiger partial charge >= 0.3 is 5.97 Å². The van der Waals surface area contributed by atoms with Gasteiger partial charge in [-0.15, -0.1) is 0 Å². The Labute approximate surface area is 138 Å². The summed E-state index contributed by atoms with van der Waals surface area (Å²) in [5.41, 5.74) is 0.212. The van der Waals surface area contributed by atoms with Gasteiger partial charge in [0.2, 0.25) is 15.5 Å². The number of carboxylic acid groups (broad SMARTS) is 1. The van der Waals surface area contributed by atoms with Crippen LogP contribution < -0.4 is 4.74 Å². The molecule has 1 aromatic carbocycles. The van der Waals surface area contributed by atoms with E-state index in [0.29, 0.717) is 11.3 Å². The fourth-order valence-corrected chi connectivity index (χ4v) is 1.98. The highest BCUT2D eigenvalue weighted by atomic mass is 32.2. The first kappa shape index (κ1) is 17.5. The molecule has 0 spiro atoms. The maximum absolute atomic E-state index is 11.9. The number of hydrogen-bond donors (Lipinski definition) is 2. The molecule has 24 heavy (non-hydrogen) atoms. The molecule has 0 aliphatic rings. The topological polar surface area (TPSA) is 122 Å². The van der Waals surface area contributed by atoms with E-state index in [4.69, 9.17) is 9.84 Å². The van der Waals surface area contributed by atoms with Crippen molar-refractivity contribution in [3.63, 3.8) is 0 Å². The molecule has 1 aromatic heterocycles. The van der Waals surface area contributed by atoms with Crippen LogP contribution >= 0.6 is 0 Å². The van der Waals surface area contributed by atoms with Crippen LogP contribution in [0.2, 0.25) is 0 Å². The number of aromatic carboxylic acids is 1. The second-order valence-electron chi connectivity index (χ2n) is 5.77. The molecule has 0 aliphatic carbocycles. The van der Waals surface area contributed by atoms with Gasteiger partial charge in [-0.1, -0.05) is 10.3 Å². The molecular weight excluding hydrogens is 334 g/mol. The van der Waals surface area contributed by atoms with E-state index in [-0.39, 0.29) is 11.6 Å². The normalized spacial score (nSPS) is 11.5. The van der Waals surface area contributed by atoms with Gasteiger partial charge in [0.15, 0.2) is 0 Å². The van der Waals surface area contributed by atoms with Crippen molar-refractivity contribution >= 4 is 15.8 Å². The lowest BCUT2D eigenvalue weighted by Crippen LogP contribution is -2.25. The van der Waals surface area contributed by atoms with Crippen LogP contribution in [0.1, 0.15) is 36.8 Å². The Bertz CT molecular complexity index is 912. The number of carboxylic acids is 1. The minimum Gasteiger partial charge on any atom is -0.476 e. The number of rotatable bonds is 3. The molecule has 9 heteroatoms. The van der Waals surface area contributed by atoms with Gasteiger partial charge in [0, 0.05) is 10.8 Å². The van der Waals surface area contributed by atoms with Crippen LogP contribution in [-0.4, -0.2) is 39.7 Å².